The van der Waals surface area contributed by atoms with E-state index in [4.69, 9.17) is 4.74 Å². The molecule has 5 fully saturated rings. The van der Waals surface area contributed by atoms with E-state index in [9.17, 15) is 29.1 Å². The van der Waals surface area contributed by atoms with Crippen LogP contribution in [0.3, 0.4) is 0 Å². The average molecular weight is 731 g/mol. The molecule has 1 spiro atoms. The number of hydrogen-bond acceptors (Lipinski definition) is 7. The minimum absolute atomic E-state index is 0.0227. The molecule has 53 heavy (non-hydrogen) atoms. The Morgan fingerprint density at radius 2 is 1.66 bits per heavy atom. The van der Waals surface area contributed by atoms with Crippen LogP contribution in [0.2, 0.25) is 0 Å². The lowest BCUT2D eigenvalue weighted by Gasteiger charge is -2.50. The molecule has 1 aromatic carbocycles. The van der Waals surface area contributed by atoms with Gasteiger partial charge in [-0.05, 0) is 55.9 Å². The Balaban J connectivity index is 1.08. The van der Waals surface area contributed by atoms with Crippen molar-refractivity contribution in [3.63, 3.8) is 0 Å². The summed E-state index contributed by atoms with van der Waals surface area (Å²) in [5, 5.41) is 19.9. The van der Waals surface area contributed by atoms with Gasteiger partial charge in [0.15, 0.2) is 0 Å². The maximum atomic E-state index is 14.4. The summed E-state index contributed by atoms with van der Waals surface area (Å²) in [4.78, 5) is 70.9. The lowest BCUT2D eigenvalue weighted by atomic mass is 9.70. The van der Waals surface area contributed by atoms with Gasteiger partial charge in [0.2, 0.25) is 17.7 Å². The van der Waals surface area contributed by atoms with Crippen LogP contribution in [0.15, 0.2) is 42.7 Å². The number of aromatic nitrogens is 2. The first-order valence-electron chi connectivity index (χ1n) is 19.4. The summed E-state index contributed by atoms with van der Waals surface area (Å²) < 4.78 is 7.98. The Labute approximate surface area is 311 Å². The van der Waals surface area contributed by atoms with E-state index in [1.165, 1.54) is 6.42 Å². The maximum absolute atomic E-state index is 14.4. The molecule has 2 aromatic rings. The van der Waals surface area contributed by atoms with E-state index in [0.717, 1.165) is 37.7 Å². The quantitative estimate of drug-likeness (QED) is 0.267. The van der Waals surface area contributed by atoms with Gasteiger partial charge >= 0.3 is 5.97 Å². The van der Waals surface area contributed by atoms with Gasteiger partial charge in [0.1, 0.15) is 6.04 Å². The Kier molecular flexibility index (Phi) is 10.2. The second kappa shape index (κ2) is 14.5. The van der Waals surface area contributed by atoms with E-state index in [-0.39, 0.29) is 48.7 Å². The van der Waals surface area contributed by atoms with Crippen LogP contribution in [-0.2, 0) is 30.5 Å². The Morgan fingerprint density at radius 1 is 0.981 bits per heavy atom. The Bertz CT molecular complexity index is 1710. The summed E-state index contributed by atoms with van der Waals surface area (Å²) in [6.07, 6.45) is 10.0. The number of nitrogens with zero attached hydrogens (tertiary/aromatic N) is 4. The van der Waals surface area contributed by atoms with Gasteiger partial charge in [0.25, 0.3) is 5.91 Å². The number of nitrogens with one attached hydrogen (secondary N) is 2. The van der Waals surface area contributed by atoms with Gasteiger partial charge < -0.3 is 30.3 Å². The first-order valence-corrected chi connectivity index (χ1v) is 19.4. The number of carbonyl (C=O) groups is 5. The predicted molar refractivity (Wildman–Crippen MR) is 194 cm³/mol. The molecule has 3 heterocycles. The maximum Gasteiger partial charge on any atom is 0.311 e. The van der Waals surface area contributed by atoms with Gasteiger partial charge in [-0.2, -0.15) is 5.10 Å². The molecule has 13 heteroatoms. The van der Waals surface area contributed by atoms with Crippen molar-refractivity contribution in [2.45, 2.75) is 90.8 Å². The molecule has 2 aliphatic heterocycles. The number of likely N-dealkylation sites (tertiary alicyclic amines) is 2. The van der Waals surface area contributed by atoms with E-state index < -0.39 is 40.8 Å². The number of carboxylic acids is 1. The fourth-order valence-corrected chi connectivity index (χ4v) is 8.67. The number of rotatable bonds is 14. The molecule has 3 N–H and O–H groups in total. The normalized spacial score (nSPS) is 24.9. The zero-order valence-corrected chi connectivity index (χ0v) is 31.2. The molecule has 4 atom stereocenters. The van der Waals surface area contributed by atoms with Crippen LogP contribution < -0.4 is 10.6 Å². The fourth-order valence-electron chi connectivity index (χ4n) is 8.67. The first kappa shape index (κ1) is 37.1. The minimum Gasteiger partial charge on any atom is -0.481 e. The summed E-state index contributed by atoms with van der Waals surface area (Å²) in [7, 11) is 0. The molecule has 0 unspecified atom stereocenters. The summed E-state index contributed by atoms with van der Waals surface area (Å²) in [5.74, 6) is -2.32. The van der Waals surface area contributed by atoms with Crippen molar-refractivity contribution in [2.75, 3.05) is 39.3 Å². The SMILES string of the molecule is C[C@@H](OCC1CCCCC1)[C@H](NC(=O)[C@@H]1CN(C(=O)c2cnn(Cc3ccccc3)c2)CC12CN(C(=O)[C@H]1CC1(C)C)C2)C(=O)NCC1(C(=O)O)CC1. The van der Waals surface area contributed by atoms with Crippen LogP contribution in [0.25, 0.3) is 0 Å². The van der Waals surface area contributed by atoms with Crippen molar-refractivity contribution >= 4 is 29.6 Å². The van der Waals surface area contributed by atoms with Crippen LogP contribution in [-0.4, -0.2) is 106 Å². The number of ether oxygens (including phenoxy) is 1. The van der Waals surface area contributed by atoms with Crippen molar-refractivity contribution in [1.29, 1.82) is 0 Å². The number of amides is 4. The molecule has 3 aliphatic carbocycles. The molecule has 1 aromatic heterocycles. The molecule has 13 nitrogen and oxygen atoms in total. The van der Waals surface area contributed by atoms with Gasteiger partial charge in [-0.3, -0.25) is 28.7 Å². The zero-order valence-electron chi connectivity index (χ0n) is 31.2. The summed E-state index contributed by atoms with van der Waals surface area (Å²) in [6, 6.07) is 8.77. The van der Waals surface area contributed by atoms with E-state index in [0.29, 0.717) is 50.6 Å². The van der Waals surface area contributed by atoms with E-state index >= 15 is 0 Å². The minimum atomic E-state index is -1.07. The molecular weight excluding hydrogens is 676 g/mol. The summed E-state index contributed by atoms with van der Waals surface area (Å²) >= 11 is 0. The lowest BCUT2D eigenvalue weighted by molar-refractivity contribution is -0.152. The smallest absolute Gasteiger partial charge is 0.311 e. The average Bonchev–Trinajstić information content (AvgIpc) is 3.93. The molecule has 4 amide bonds. The molecule has 7 rings (SSSR count). The highest BCUT2D eigenvalue weighted by atomic mass is 16.5. The third kappa shape index (κ3) is 7.86. The third-order valence-electron chi connectivity index (χ3n) is 12.7. The van der Waals surface area contributed by atoms with Crippen molar-refractivity contribution in [3.8, 4) is 0 Å². The second-order valence-electron chi connectivity index (χ2n) is 17.3. The molecular formula is C40H54N6O7. The second-order valence-corrected chi connectivity index (χ2v) is 17.3. The summed E-state index contributed by atoms with van der Waals surface area (Å²) in [6.45, 7) is 8.00. The molecule has 0 radical (unpaired) electrons. The van der Waals surface area contributed by atoms with Crippen LogP contribution in [0.5, 0.6) is 0 Å². The first-order chi connectivity index (χ1) is 25.3. The zero-order chi connectivity index (χ0) is 37.5. The van der Waals surface area contributed by atoms with Gasteiger partial charge in [-0.25, -0.2) is 0 Å². The van der Waals surface area contributed by atoms with Crippen molar-refractivity contribution < 1.29 is 33.8 Å². The third-order valence-corrected chi connectivity index (χ3v) is 12.7. The highest BCUT2D eigenvalue weighted by molar-refractivity contribution is 5.96. The van der Waals surface area contributed by atoms with Crippen molar-refractivity contribution in [3.05, 3.63) is 53.9 Å². The van der Waals surface area contributed by atoms with Gasteiger partial charge in [-0.1, -0.05) is 63.4 Å². The number of aliphatic carboxylic acids is 1. The van der Waals surface area contributed by atoms with Gasteiger partial charge in [0.05, 0.1) is 35.7 Å². The van der Waals surface area contributed by atoms with Crippen LogP contribution >= 0.6 is 0 Å². The number of carbonyl (C=O) groups excluding carboxylic acids is 4. The molecule has 2 saturated heterocycles. The van der Waals surface area contributed by atoms with E-state index in [1.807, 2.05) is 35.2 Å². The van der Waals surface area contributed by atoms with Crippen molar-refractivity contribution in [1.82, 2.24) is 30.2 Å². The fraction of sp³-hybridized carbons (Fsp3) is 0.650. The molecule has 0 bridgehead atoms. The van der Waals surface area contributed by atoms with E-state index in [1.54, 1.807) is 28.9 Å². The number of hydrogen-bond donors (Lipinski definition) is 3. The van der Waals surface area contributed by atoms with Gasteiger partial charge in [-0.15, -0.1) is 0 Å². The standard InChI is InChI=1S/C40H54N6O7/c1-26(53-21-28-12-8-5-9-13-28)32(34(48)41-22-39(14-15-39)37(51)52)43-33(47)31-20-44(23-40(31)24-45(25-40)36(50)30-16-38(30,2)3)35(49)29-17-42-46(19-29)18-27-10-6-4-7-11-27/h4,6-7,10-11,17,19,26,28,30-32H,5,8-9,12-16,18,20-25H2,1-3H3,(H,41,48)(H,43,47)(H,51,52)/t26-,30-,31+,32+/m1/s1. The molecule has 286 valence electrons. The predicted octanol–water partition coefficient (Wildman–Crippen LogP) is 3.33. The van der Waals surface area contributed by atoms with E-state index in [2.05, 4.69) is 29.6 Å². The highest BCUT2D eigenvalue weighted by Crippen LogP contribution is 2.54. The van der Waals surface area contributed by atoms with Crippen molar-refractivity contribution in [2.24, 2.45) is 34.0 Å². The Hall–Kier alpha value is -4.26. The monoisotopic (exact) mass is 730 g/mol. The molecule has 5 aliphatic rings. The number of carboxylic acid groups (broad SMARTS) is 1. The van der Waals surface area contributed by atoms with Crippen LogP contribution in [0.4, 0.5) is 0 Å². The topological polar surface area (TPSA) is 163 Å². The van der Waals surface area contributed by atoms with Crippen LogP contribution in [0, 0.1) is 34.0 Å². The van der Waals surface area contributed by atoms with Crippen LogP contribution in [0.1, 0.15) is 88.1 Å². The number of benzene rings is 1. The summed E-state index contributed by atoms with van der Waals surface area (Å²) in [5.41, 5.74) is -0.223. The lowest BCUT2D eigenvalue weighted by Crippen LogP contribution is -2.65. The van der Waals surface area contributed by atoms with Gasteiger partial charge in [0, 0.05) is 56.9 Å². The largest absolute Gasteiger partial charge is 0.481 e. The Morgan fingerprint density at radius 3 is 2.30 bits per heavy atom. The highest BCUT2D eigenvalue weighted by Gasteiger charge is 2.62. The molecule has 3 saturated carbocycles.